The van der Waals surface area contributed by atoms with Crippen molar-refractivity contribution in [2.24, 2.45) is 11.8 Å². The number of carbonyl (C=O) groups is 2. The second-order valence-corrected chi connectivity index (χ2v) is 19.9. The van der Waals surface area contributed by atoms with Crippen molar-refractivity contribution in [3.63, 3.8) is 0 Å². The Labute approximate surface area is 277 Å². The van der Waals surface area contributed by atoms with Gasteiger partial charge >= 0.3 is 0 Å². The van der Waals surface area contributed by atoms with E-state index in [1.165, 1.54) is 110 Å². The molecule has 0 bridgehead atoms. The number of hydrogen-bond donors (Lipinski definition) is 0. The summed E-state index contributed by atoms with van der Waals surface area (Å²) in [6.07, 6.45) is 15.4. The zero-order valence-corrected chi connectivity index (χ0v) is 30.0. The Hall–Kier alpha value is 1.10. The SMILES string of the molecule is C=CC(=O)SCCCCC1=CSC(CSCC2CCC(CSCC3SC=C(CCCCSC(=O)C=C)S3)CC2)S1. The van der Waals surface area contributed by atoms with Gasteiger partial charge in [-0.05, 0) is 120 Å². The van der Waals surface area contributed by atoms with Crippen molar-refractivity contribution in [2.45, 2.75) is 73.4 Å². The van der Waals surface area contributed by atoms with Crippen LogP contribution in [0.25, 0.3) is 0 Å². The highest BCUT2D eigenvalue weighted by Crippen LogP contribution is 2.45. The molecule has 0 aromatic heterocycles. The maximum atomic E-state index is 11.3. The fraction of sp³-hybridized carbons (Fsp3) is 0.667. The molecule has 0 spiro atoms. The smallest absolute Gasteiger partial charge is 0.211 e. The molecule has 3 aliphatic rings. The van der Waals surface area contributed by atoms with Gasteiger partial charge in [-0.25, -0.2) is 0 Å². The van der Waals surface area contributed by atoms with Gasteiger partial charge in [0, 0.05) is 23.0 Å². The minimum Gasteiger partial charge on any atom is -0.282 e. The number of thioether (sulfide) groups is 8. The highest BCUT2D eigenvalue weighted by Gasteiger charge is 2.24. The molecule has 10 heteroatoms. The first-order valence-corrected chi connectivity index (χ1v) is 22.2. The first-order chi connectivity index (χ1) is 19.6. The molecule has 40 heavy (non-hydrogen) atoms. The van der Waals surface area contributed by atoms with Gasteiger partial charge in [0.05, 0.1) is 9.16 Å². The van der Waals surface area contributed by atoms with E-state index in [1.807, 2.05) is 23.5 Å². The molecule has 0 aromatic rings. The molecular formula is C30H44O2S8. The number of allylic oxidation sites excluding steroid dienone is 2. The molecule has 0 aromatic carbocycles. The standard InChI is InChI=1S/C30H44O2S8/c1-3-27(31)35-15-7-5-9-25-19-37-29(39-25)21-33-17-23-11-13-24(14-12-23)18-34-22-30-38-20-26(40-30)10-6-8-16-36-28(32)4-2/h3-4,19-20,23-24,29-30H,1-2,5-18,21-22H2. The highest BCUT2D eigenvalue weighted by molar-refractivity contribution is 8.24. The van der Waals surface area contributed by atoms with E-state index in [-0.39, 0.29) is 10.2 Å². The van der Waals surface area contributed by atoms with Gasteiger partial charge in [0.25, 0.3) is 0 Å². The Bertz CT molecular complexity index is 796. The molecule has 224 valence electrons. The van der Waals surface area contributed by atoms with E-state index in [2.05, 4.69) is 71.0 Å². The monoisotopic (exact) mass is 692 g/mol. The quantitative estimate of drug-likeness (QED) is 0.0908. The fourth-order valence-corrected chi connectivity index (χ4v) is 14.6. The molecule has 1 fully saturated rings. The second-order valence-electron chi connectivity index (χ2n) is 10.2. The second kappa shape index (κ2) is 21.7. The molecule has 0 amide bonds. The molecule has 0 saturated heterocycles. The number of rotatable bonds is 20. The minimum absolute atomic E-state index is 0.0951. The van der Waals surface area contributed by atoms with Crippen LogP contribution >= 0.6 is 94.1 Å². The summed E-state index contributed by atoms with van der Waals surface area (Å²) >= 11 is 15.3. The van der Waals surface area contributed by atoms with Crippen molar-refractivity contribution < 1.29 is 9.59 Å². The maximum absolute atomic E-state index is 11.3. The molecule has 1 aliphatic carbocycles. The largest absolute Gasteiger partial charge is 0.282 e. The summed E-state index contributed by atoms with van der Waals surface area (Å²) in [6, 6.07) is 0. The molecule has 2 aliphatic heterocycles. The number of carbonyl (C=O) groups excluding carboxylic acids is 2. The lowest BCUT2D eigenvalue weighted by molar-refractivity contribution is -0.107. The summed E-state index contributed by atoms with van der Waals surface area (Å²) in [4.78, 5) is 25.6. The Kier molecular flexibility index (Phi) is 19.3. The van der Waals surface area contributed by atoms with Crippen LogP contribution in [-0.2, 0) is 9.59 Å². The number of unbranched alkanes of at least 4 members (excludes halogenated alkanes) is 2. The van der Waals surface area contributed by atoms with Gasteiger partial charge in [-0.2, -0.15) is 23.5 Å². The Morgan fingerprint density at radius 3 is 1.52 bits per heavy atom. The molecule has 0 radical (unpaired) electrons. The Morgan fingerprint density at radius 2 is 1.12 bits per heavy atom. The van der Waals surface area contributed by atoms with E-state index in [4.69, 9.17) is 0 Å². The third-order valence-corrected chi connectivity index (χ3v) is 17.6. The molecule has 2 unspecified atom stereocenters. The topological polar surface area (TPSA) is 34.1 Å². The van der Waals surface area contributed by atoms with Crippen molar-refractivity contribution in [3.05, 3.63) is 45.9 Å². The molecule has 2 heterocycles. The minimum atomic E-state index is 0.0951. The lowest BCUT2D eigenvalue weighted by atomic mass is 9.84. The Morgan fingerprint density at radius 1 is 0.700 bits per heavy atom. The van der Waals surface area contributed by atoms with Crippen LogP contribution in [0.1, 0.15) is 64.2 Å². The van der Waals surface area contributed by atoms with Crippen molar-refractivity contribution >= 4 is 104 Å². The van der Waals surface area contributed by atoms with Gasteiger partial charge in [0.2, 0.25) is 10.2 Å². The molecule has 0 N–H and O–H groups in total. The lowest BCUT2D eigenvalue weighted by Crippen LogP contribution is -2.18. The van der Waals surface area contributed by atoms with Crippen LogP contribution < -0.4 is 0 Å². The van der Waals surface area contributed by atoms with Gasteiger partial charge in [-0.1, -0.05) is 36.7 Å². The average Bonchev–Trinajstić information content (AvgIpc) is 3.62. The zero-order chi connectivity index (χ0) is 28.4. The first-order valence-electron chi connectivity index (χ1n) is 14.3. The van der Waals surface area contributed by atoms with Crippen LogP contribution in [0.3, 0.4) is 0 Å². The van der Waals surface area contributed by atoms with E-state index in [9.17, 15) is 9.59 Å². The van der Waals surface area contributed by atoms with Crippen LogP contribution in [0.2, 0.25) is 0 Å². The van der Waals surface area contributed by atoms with Gasteiger partial charge in [0.15, 0.2) is 0 Å². The Balaban J connectivity index is 1.12. The summed E-state index contributed by atoms with van der Waals surface area (Å²) in [5, 5.41) is 4.96. The summed E-state index contributed by atoms with van der Waals surface area (Å²) < 4.78 is 1.38. The number of hydrogen-bond acceptors (Lipinski definition) is 10. The van der Waals surface area contributed by atoms with Gasteiger partial charge in [-0.15, -0.1) is 47.0 Å². The van der Waals surface area contributed by atoms with Crippen molar-refractivity contribution in [1.29, 1.82) is 0 Å². The summed E-state index contributed by atoms with van der Waals surface area (Å²) in [6.45, 7) is 7.06. The molecular weight excluding hydrogens is 649 g/mol. The van der Waals surface area contributed by atoms with Crippen LogP contribution in [0.5, 0.6) is 0 Å². The van der Waals surface area contributed by atoms with E-state index in [1.54, 1.807) is 9.81 Å². The molecule has 2 atom stereocenters. The third-order valence-electron chi connectivity index (χ3n) is 6.91. The third kappa shape index (κ3) is 15.2. The molecule has 3 rings (SSSR count). The van der Waals surface area contributed by atoms with Crippen molar-refractivity contribution in [1.82, 2.24) is 0 Å². The fourth-order valence-electron chi connectivity index (χ4n) is 4.63. The van der Waals surface area contributed by atoms with Crippen LogP contribution in [0.4, 0.5) is 0 Å². The summed E-state index contributed by atoms with van der Waals surface area (Å²) in [5.74, 6) is 8.87. The van der Waals surface area contributed by atoms with E-state index < -0.39 is 0 Å². The van der Waals surface area contributed by atoms with E-state index in [0.29, 0.717) is 9.16 Å². The molecule has 1 saturated carbocycles. The normalized spacial score (nSPS) is 24.5. The maximum Gasteiger partial charge on any atom is 0.211 e. The highest BCUT2D eigenvalue weighted by atomic mass is 32.2. The van der Waals surface area contributed by atoms with Crippen LogP contribution in [0.15, 0.2) is 45.9 Å². The van der Waals surface area contributed by atoms with Crippen LogP contribution in [0, 0.1) is 11.8 Å². The first kappa shape index (κ1) is 35.6. The predicted octanol–water partition coefficient (Wildman–Crippen LogP) is 10.8. The van der Waals surface area contributed by atoms with E-state index >= 15 is 0 Å². The average molecular weight is 693 g/mol. The van der Waals surface area contributed by atoms with Crippen LogP contribution in [-0.4, -0.2) is 53.9 Å². The zero-order valence-electron chi connectivity index (χ0n) is 23.4. The van der Waals surface area contributed by atoms with E-state index in [0.717, 1.165) is 36.2 Å². The van der Waals surface area contributed by atoms with Gasteiger partial charge in [-0.3, -0.25) is 9.59 Å². The summed E-state index contributed by atoms with van der Waals surface area (Å²) in [7, 11) is 0. The summed E-state index contributed by atoms with van der Waals surface area (Å²) in [5.41, 5.74) is 0. The predicted molar refractivity (Wildman–Crippen MR) is 197 cm³/mol. The molecule has 2 nitrogen and oxygen atoms in total. The lowest BCUT2D eigenvalue weighted by Gasteiger charge is -2.28. The van der Waals surface area contributed by atoms with Crippen molar-refractivity contribution in [3.8, 4) is 0 Å². The van der Waals surface area contributed by atoms with Crippen molar-refractivity contribution in [2.75, 3.05) is 34.5 Å². The van der Waals surface area contributed by atoms with Gasteiger partial charge in [0.1, 0.15) is 0 Å². The van der Waals surface area contributed by atoms with Gasteiger partial charge < -0.3 is 0 Å².